The van der Waals surface area contributed by atoms with Crippen molar-refractivity contribution in [1.82, 2.24) is 0 Å². The highest BCUT2D eigenvalue weighted by Gasteiger charge is 2.11. The first-order chi connectivity index (χ1) is 15.5. The lowest BCUT2D eigenvalue weighted by atomic mass is 9.94. The van der Waals surface area contributed by atoms with E-state index >= 15 is 0 Å². The summed E-state index contributed by atoms with van der Waals surface area (Å²) in [7, 11) is 4.01. The van der Waals surface area contributed by atoms with Crippen LogP contribution in [0.5, 0.6) is 0 Å². The number of carbonyl (C=O) groups is 3. The Morgan fingerprint density at radius 2 is 0.781 bits per heavy atom. The maximum absolute atomic E-state index is 11.8. The van der Waals surface area contributed by atoms with E-state index in [1.54, 1.807) is 36.4 Å². The molecule has 0 aliphatic heterocycles. The van der Waals surface area contributed by atoms with E-state index in [9.17, 15) is 14.4 Å². The average Bonchev–Trinajstić information content (AvgIpc) is 2.86. The molecule has 162 valence electrons. The molecule has 0 spiro atoms. The largest absolute Gasteiger partial charge is 0.465 e. The number of hydrogen-bond donors (Lipinski definition) is 0. The molecule has 0 unspecified atom stereocenters. The molecule has 0 saturated heterocycles. The van der Waals surface area contributed by atoms with Crippen molar-refractivity contribution in [3.05, 3.63) is 106 Å². The first-order valence-corrected chi connectivity index (χ1v) is 9.74. The first kappa shape index (κ1) is 22.5. The zero-order chi connectivity index (χ0) is 23.1. The van der Waals surface area contributed by atoms with Crippen LogP contribution < -0.4 is 0 Å². The van der Waals surface area contributed by atoms with Crippen LogP contribution in [-0.4, -0.2) is 39.2 Å². The monoisotopic (exact) mass is 430 g/mol. The highest BCUT2D eigenvalue weighted by molar-refractivity contribution is 5.95. The van der Waals surface area contributed by atoms with E-state index in [1.807, 2.05) is 42.5 Å². The Hall–Kier alpha value is -4.19. The van der Waals surface area contributed by atoms with Crippen molar-refractivity contribution >= 4 is 29.6 Å². The third-order valence-electron chi connectivity index (χ3n) is 4.88. The smallest absolute Gasteiger partial charge is 0.337 e. The SMILES string of the molecule is COC(=O)c1ccc(C=C(c2ccc(C(=O)OC)cc2)c2ccc(C(=O)OC)cc2)cc1. The minimum Gasteiger partial charge on any atom is -0.465 e. The maximum Gasteiger partial charge on any atom is 0.337 e. The summed E-state index contributed by atoms with van der Waals surface area (Å²) in [6.07, 6.45) is 1.96. The summed E-state index contributed by atoms with van der Waals surface area (Å²) < 4.78 is 14.3. The predicted molar refractivity (Wildman–Crippen MR) is 120 cm³/mol. The van der Waals surface area contributed by atoms with Gasteiger partial charge in [0.2, 0.25) is 0 Å². The lowest BCUT2D eigenvalue weighted by Gasteiger charge is -2.11. The number of hydrogen-bond acceptors (Lipinski definition) is 6. The van der Waals surface area contributed by atoms with Crippen LogP contribution in [0.15, 0.2) is 72.8 Å². The van der Waals surface area contributed by atoms with Gasteiger partial charge in [-0.2, -0.15) is 0 Å². The summed E-state index contributed by atoms with van der Waals surface area (Å²) >= 11 is 0. The quantitative estimate of drug-likeness (QED) is 0.322. The molecule has 0 aliphatic carbocycles. The lowest BCUT2D eigenvalue weighted by Crippen LogP contribution is -2.02. The van der Waals surface area contributed by atoms with Crippen LogP contribution in [-0.2, 0) is 14.2 Å². The molecule has 0 fully saturated rings. The van der Waals surface area contributed by atoms with Gasteiger partial charge in [0.15, 0.2) is 0 Å². The molecule has 3 aromatic carbocycles. The van der Waals surface area contributed by atoms with Crippen LogP contribution in [0.4, 0.5) is 0 Å². The Kier molecular flexibility index (Phi) is 7.18. The van der Waals surface area contributed by atoms with Gasteiger partial charge in [-0.3, -0.25) is 0 Å². The molecular formula is C26H22O6. The van der Waals surface area contributed by atoms with Crippen molar-refractivity contribution in [2.24, 2.45) is 0 Å². The number of esters is 3. The van der Waals surface area contributed by atoms with E-state index in [0.29, 0.717) is 16.7 Å². The van der Waals surface area contributed by atoms with Gasteiger partial charge in [0.1, 0.15) is 0 Å². The second kappa shape index (κ2) is 10.2. The van der Waals surface area contributed by atoms with Crippen LogP contribution in [0.1, 0.15) is 47.8 Å². The van der Waals surface area contributed by atoms with Crippen molar-refractivity contribution in [2.45, 2.75) is 0 Å². The highest BCUT2D eigenvalue weighted by Crippen LogP contribution is 2.27. The van der Waals surface area contributed by atoms with Crippen molar-refractivity contribution in [3.8, 4) is 0 Å². The zero-order valence-electron chi connectivity index (χ0n) is 18.0. The molecule has 0 saturated carbocycles. The van der Waals surface area contributed by atoms with Gasteiger partial charge in [0.05, 0.1) is 38.0 Å². The van der Waals surface area contributed by atoms with Gasteiger partial charge >= 0.3 is 17.9 Å². The van der Waals surface area contributed by atoms with Crippen molar-refractivity contribution in [1.29, 1.82) is 0 Å². The molecule has 0 aromatic heterocycles. The molecule has 6 heteroatoms. The summed E-state index contributed by atoms with van der Waals surface area (Å²) in [5.74, 6) is -1.23. The van der Waals surface area contributed by atoms with Crippen molar-refractivity contribution in [3.63, 3.8) is 0 Å². The molecule has 3 aromatic rings. The Morgan fingerprint density at radius 3 is 1.09 bits per heavy atom. The molecule has 0 radical (unpaired) electrons. The minimum atomic E-state index is -0.414. The van der Waals surface area contributed by atoms with Gasteiger partial charge in [0, 0.05) is 0 Å². The van der Waals surface area contributed by atoms with Crippen LogP contribution in [0.3, 0.4) is 0 Å². The third-order valence-corrected chi connectivity index (χ3v) is 4.88. The summed E-state index contributed by atoms with van der Waals surface area (Å²) in [4.78, 5) is 35.3. The summed E-state index contributed by atoms with van der Waals surface area (Å²) in [5.41, 5.74) is 4.79. The van der Waals surface area contributed by atoms with Crippen LogP contribution >= 0.6 is 0 Å². The average molecular weight is 430 g/mol. The maximum atomic E-state index is 11.8. The number of ether oxygens (including phenoxy) is 3. The fraction of sp³-hybridized carbons (Fsp3) is 0.115. The second-order valence-electron chi connectivity index (χ2n) is 6.81. The van der Waals surface area contributed by atoms with E-state index in [2.05, 4.69) is 0 Å². The number of rotatable bonds is 6. The third kappa shape index (κ3) is 5.10. The van der Waals surface area contributed by atoms with Crippen LogP contribution in [0, 0.1) is 0 Å². The van der Waals surface area contributed by atoms with Gasteiger partial charge in [-0.25, -0.2) is 14.4 Å². The fourth-order valence-electron chi connectivity index (χ4n) is 3.14. The molecule has 3 rings (SSSR count). The number of carbonyl (C=O) groups excluding carboxylic acids is 3. The molecule has 0 bridgehead atoms. The molecule has 0 N–H and O–H groups in total. The van der Waals surface area contributed by atoms with E-state index in [1.165, 1.54) is 21.3 Å². The van der Waals surface area contributed by atoms with E-state index in [0.717, 1.165) is 22.3 Å². The normalized spacial score (nSPS) is 10.1. The Morgan fingerprint density at radius 1 is 0.500 bits per heavy atom. The Balaban J connectivity index is 2.04. The topological polar surface area (TPSA) is 78.9 Å². The lowest BCUT2D eigenvalue weighted by molar-refractivity contribution is 0.0592. The Bertz CT molecular complexity index is 1080. The van der Waals surface area contributed by atoms with Gasteiger partial charge < -0.3 is 14.2 Å². The summed E-state index contributed by atoms with van der Waals surface area (Å²) in [6.45, 7) is 0. The minimum absolute atomic E-state index is 0.405. The summed E-state index contributed by atoms with van der Waals surface area (Å²) in [6, 6.07) is 21.1. The Labute approximate surface area is 186 Å². The molecule has 32 heavy (non-hydrogen) atoms. The van der Waals surface area contributed by atoms with Gasteiger partial charge in [-0.1, -0.05) is 36.4 Å². The molecule has 6 nitrogen and oxygen atoms in total. The zero-order valence-corrected chi connectivity index (χ0v) is 18.0. The van der Waals surface area contributed by atoms with Crippen molar-refractivity contribution in [2.75, 3.05) is 21.3 Å². The van der Waals surface area contributed by atoms with Crippen LogP contribution in [0.25, 0.3) is 11.6 Å². The molecule has 0 heterocycles. The standard InChI is InChI=1S/C26H22O6/c1-30-24(27)20-6-4-17(5-7-20)16-23(18-8-12-21(13-9-18)25(28)31-2)19-10-14-22(15-11-19)26(29)32-3/h4-16H,1-3H3. The molecule has 0 aliphatic rings. The molecular weight excluding hydrogens is 408 g/mol. The molecule has 0 amide bonds. The molecule has 0 atom stereocenters. The summed E-state index contributed by atoms with van der Waals surface area (Å²) in [5, 5.41) is 0. The van der Waals surface area contributed by atoms with Gasteiger partial charge in [0.25, 0.3) is 0 Å². The van der Waals surface area contributed by atoms with E-state index in [4.69, 9.17) is 14.2 Å². The van der Waals surface area contributed by atoms with Crippen LogP contribution in [0.2, 0.25) is 0 Å². The highest BCUT2D eigenvalue weighted by atomic mass is 16.5. The van der Waals surface area contributed by atoms with E-state index in [-0.39, 0.29) is 0 Å². The van der Waals surface area contributed by atoms with Crippen molar-refractivity contribution < 1.29 is 28.6 Å². The number of benzene rings is 3. The second-order valence-corrected chi connectivity index (χ2v) is 6.81. The first-order valence-electron chi connectivity index (χ1n) is 9.74. The predicted octanol–water partition coefficient (Wildman–Crippen LogP) is 4.64. The fourth-order valence-corrected chi connectivity index (χ4v) is 3.14. The van der Waals surface area contributed by atoms with Gasteiger partial charge in [-0.15, -0.1) is 0 Å². The van der Waals surface area contributed by atoms with Gasteiger partial charge in [-0.05, 0) is 64.7 Å². The van der Waals surface area contributed by atoms with E-state index < -0.39 is 17.9 Å². The number of methoxy groups -OCH3 is 3.